The van der Waals surface area contributed by atoms with Gasteiger partial charge in [-0.05, 0) is 18.2 Å². The molecule has 0 radical (unpaired) electrons. The Bertz CT molecular complexity index is 585. The van der Waals surface area contributed by atoms with Crippen molar-refractivity contribution in [1.29, 1.82) is 0 Å². The summed E-state index contributed by atoms with van der Waals surface area (Å²) in [6.07, 6.45) is -0.115. The Morgan fingerprint density at radius 2 is 2.17 bits per heavy atom. The summed E-state index contributed by atoms with van der Waals surface area (Å²) in [4.78, 5) is 12.2. The quantitative estimate of drug-likeness (QED) is 0.828. The van der Waals surface area contributed by atoms with Crippen molar-refractivity contribution >= 4 is 21.5 Å². The smallest absolute Gasteiger partial charge is 0.305 e. The molecular weight excluding hydrogens is 261 g/mol. The lowest BCUT2D eigenvalue weighted by molar-refractivity contribution is -0.136. The Kier molecular flexibility index (Phi) is 3.25. The SMILES string of the molecule is O=C(O)CCN1CCS(=O)(=O)c2ccc(F)cc21. The number of halogens is 1. The minimum atomic E-state index is -3.39. The van der Waals surface area contributed by atoms with Gasteiger partial charge in [0.1, 0.15) is 5.82 Å². The van der Waals surface area contributed by atoms with Crippen LogP contribution in [-0.4, -0.2) is 38.3 Å². The van der Waals surface area contributed by atoms with Crippen LogP contribution >= 0.6 is 0 Å². The van der Waals surface area contributed by atoms with Crippen molar-refractivity contribution in [1.82, 2.24) is 0 Å². The van der Waals surface area contributed by atoms with Gasteiger partial charge in [-0.3, -0.25) is 4.79 Å². The number of nitrogens with zero attached hydrogens (tertiary/aromatic N) is 1. The molecule has 1 heterocycles. The van der Waals surface area contributed by atoms with Crippen LogP contribution < -0.4 is 4.90 Å². The normalized spacial score (nSPS) is 17.3. The second-order valence-corrected chi connectivity index (χ2v) is 6.14. The molecule has 0 unspecified atom stereocenters. The summed E-state index contributed by atoms with van der Waals surface area (Å²) in [6.45, 7) is 0.355. The largest absolute Gasteiger partial charge is 0.481 e. The monoisotopic (exact) mass is 273 g/mol. The Morgan fingerprint density at radius 3 is 2.83 bits per heavy atom. The number of rotatable bonds is 3. The molecule has 1 aliphatic heterocycles. The molecule has 0 amide bonds. The van der Waals surface area contributed by atoms with Crippen molar-refractivity contribution < 1.29 is 22.7 Å². The zero-order valence-electron chi connectivity index (χ0n) is 9.47. The molecule has 1 aromatic rings. The summed E-state index contributed by atoms with van der Waals surface area (Å²) < 4.78 is 36.8. The van der Waals surface area contributed by atoms with Gasteiger partial charge < -0.3 is 10.0 Å². The number of carboxylic acid groups (broad SMARTS) is 1. The van der Waals surface area contributed by atoms with Crippen molar-refractivity contribution in [2.45, 2.75) is 11.3 Å². The highest BCUT2D eigenvalue weighted by molar-refractivity contribution is 7.91. The first kappa shape index (κ1) is 12.8. The molecular formula is C11H12FNO4S. The van der Waals surface area contributed by atoms with Crippen molar-refractivity contribution in [3.63, 3.8) is 0 Å². The second kappa shape index (κ2) is 4.56. The lowest BCUT2D eigenvalue weighted by Gasteiger charge is -2.30. The standard InChI is InChI=1S/C11H12FNO4S/c12-8-1-2-10-9(7-8)13(4-3-11(14)15)5-6-18(10,16)17/h1-2,7H,3-6H2,(H,14,15). The van der Waals surface area contributed by atoms with Crippen LogP contribution in [0.4, 0.5) is 10.1 Å². The van der Waals surface area contributed by atoms with Crippen LogP contribution in [0.5, 0.6) is 0 Å². The van der Waals surface area contributed by atoms with Gasteiger partial charge in [0.2, 0.25) is 0 Å². The number of hydrogen-bond acceptors (Lipinski definition) is 4. The lowest BCUT2D eigenvalue weighted by Crippen LogP contribution is -2.36. The van der Waals surface area contributed by atoms with E-state index < -0.39 is 21.6 Å². The molecule has 0 atom stereocenters. The average Bonchev–Trinajstić information content (AvgIpc) is 2.27. The van der Waals surface area contributed by atoms with E-state index in [9.17, 15) is 17.6 Å². The first-order valence-corrected chi connectivity index (χ1v) is 7.04. The summed E-state index contributed by atoms with van der Waals surface area (Å²) >= 11 is 0. The van der Waals surface area contributed by atoms with Crippen LogP contribution in [0.25, 0.3) is 0 Å². The summed E-state index contributed by atoms with van der Waals surface area (Å²) in [5.41, 5.74) is 0.252. The fraction of sp³-hybridized carbons (Fsp3) is 0.364. The number of fused-ring (bicyclic) bond motifs is 1. The number of aliphatic carboxylic acids is 1. The summed E-state index contributed by atoms with van der Waals surface area (Å²) in [5, 5.41) is 8.63. The van der Waals surface area contributed by atoms with Gasteiger partial charge in [-0.25, -0.2) is 12.8 Å². The van der Waals surface area contributed by atoms with Gasteiger partial charge in [-0.2, -0.15) is 0 Å². The van der Waals surface area contributed by atoms with E-state index in [1.165, 1.54) is 6.07 Å². The molecule has 2 rings (SSSR count). The third-order valence-corrected chi connectivity index (χ3v) is 4.56. The predicted molar refractivity (Wildman–Crippen MR) is 62.9 cm³/mol. The molecule has 18 heavy (non-hydrogen) atoms. The third kappa shape index (κ3) is 2.45. The number of sulfone groups is 1. The molecule has 0 bridgehead atoms. The second-order valence-electron chi connectivity index (χ2n) is 4.06. The zero-order chi connectivity index (χ0) is 13.3. The highest BCUT2D eigenvalue weighted by Gasteiger charge is 2.28. The fourth-order valence-electron chi connectivity index (χ4n) is 1.92. The summed E-state index contributed by atoms with van der Waals surface area (Å²) in [5.74, 6) is -1.59. The molecule has 0 saturated carbocycles. The van der Waals surface area contributed by atoms with Gasteiger partial charge in [0, 0.05) is 13.1 Å². The van der Waals surface area contributed by atoms with E-state index in [0.717, 1.165) is 12.1 Å². The molecule has 1 aromatic carbocycles. The maximum absolute atomic E-state index is 13.2. The molecule has 1 aliphatic rings. The van der Waals surface area contributed by atoms with Gasteiger partial charge in [-0.15, -0.1) is 0 Å². The van der Waals surface area contributed by atoms with Crippen LogP contribution in [0.3, 0.4) is 0 Å². The molecule has 98 valence electrons. The van der Waals surface area contributed by atoms with Gasteiger partial charge in [0.05, 0.1) is 22.8 Å². The number of hydrogen-bond donors (Lipinski definition) is 1. The Morgan fingerprint density at radius 1 is 1.44 bits per heavy atom. The molecule has 1 N–H and O–H groups in total. The zero-order valence-corrected chi connectivity index (χ0v) is 10.3. The van der Waals surface area contributed by atoms with E-state index in [1.54, 1.807) is 4.90 Å². The highest BCUT2D eigenvalue weighted by atomic mass is 32.2. The molecule has 0 fully saturated rings. The molecule has 0 spiro atoms. The molecule has 0 aliphatic carbocycles. The first-order chi connectivity index (χ1) is 8.40. The number of anilines is 1. The predicted octanol–water partition coefficient (Wildman–Crippen LogP) is 0.894. The van der Waals surface area contributed by atoms with E-state index in [0.29, 0.717) is 0 Å². The maximum atomic E-state index is 13.2. The van der Waals surface area contributed by atoms with Crippen molar-refractivity contribution in [2.75, 3.05) is 23.7 Å². The van der Waals surface area contributed by atoms with Gasteiger partial charge in [0.15, 0.2) is 9.84 Å². The minimum Gasteiger partial charge on any atom is -0.481 e. The number of benzene rings is 1. The minimum absolute atomic E-state index is 0.0699. The number of carboxylic acids is 1. The van der Waals surface area contributed by atoms with Crippen molar-refractivity contribution in [2.24, 2.45) is 0 Å². The Labute approximate surface area is 104 Å². The van der Waals surface area contributed by atoms with Crippen molar-refractivity contribution in [3.8, 4) is 0 Å². The van der Waals surface area contributed by atoms with Crippen LogP contribution in [0, 0.1) is 5.82 Å². The van der Waals surface area contributed by atoms with Crippen LogP contribution in [0.1, 0.15) is 6.42 Å². The lowest BCUT2D eigenvalue weighted by atomic mass is 10.2. The average molecular weight is 273 g/mol. The highest BCUT2D eigenvalue weighted by Crippen LogP contribution is 2.31. The molecule has 5 nitrogen and oxygen atoms in total. The van der Waals surface area contributed by atoms with Gasteiger partial charge >= 0.3 is 5.97 Å². The van der Waals surface area contributed by atoms with E-state index >= 15 is 0 Å². The number of carbonyl (C=O) groups is 1. The van der Waals surface area contributed by atoms with E-state index in [2.05, 4.69) is 0 Å². The topological polar surface area (TPSA) is 74.7 Å². The van der Waals surface area contributed by atoms with Crippen molar-refractivity contribution in [3.05, 3.63) is 24.0 Å². The van der Waals surface area contributed by atoms with E-state index in [4.69, 9.17) is 5.11 Å². The summed E-state index contributed by atoms with van der Waals surface area (Å²) in [6, 6.07) is 3.46. The fourth-order valence-corrected chi connectivity index (χ4v) is 3.39. The van der Waals surface area contributed by atoms with E-state index in [1.807, 2.05) is 0 Å². The molecule has 7 heteroatoms. The van der Waals surface area contributed by atoms with Gasteiger partial charge in [0.25, 0.3) is 0 Å². The van der Waals surface area contributed by atoms with Crippen LogP contribution in [-0.2, 0) is 14.6 Å². The maximum Gasteiger partial charge on any atom is 0.305 e. The third-order valence-electron chi connectivity index (χ3n) is 2.82. The van der Waals surface area contributed by atoms with Crippen LogP contribution in [0.2, 0.25) is 0 Å². The van der Waals surface area contributed by atoms with Crippen LogP contribution in [0.15, 0.2) is 23.1 Å². The summed E-state index contributed by atoms with van der Waals surface area (Å²) in [7, 11) is -3.39. The molecule has 0 aromatic heterocycles. The Balaban J connectivity index is 2.38. The van der Waals surface area contributed by atoms with Gasteiger partial charge in [-0.1, -0.05) is 0 Å². The van der Waals surface area contributed by atoms with E-state index in [-0.39, 0.29) is 35.8 Å². The molecule has 0 saturated heterocycles. The Hall–Kier alpha value is -1.63. The first-order valence-electron chi connectivity index (χ1n) is 5.39.